The first kappa shape index (κ1) is 23.6. The third kappa shape index (κ3) is 7.55. The number of guanidine groups is 1. The molecule has 172 valence electrons. The van der Waals surface area contributed by atoms with Crippen LogP contribution in [0.25, 0.3) is 0 Å². The molecule has 0 spiro atoms. The molecule has 0 unspecified atom stereocenters. The maximum atomic E-state index is 11.8. The predicted molar refractivity (Wildman–Crippen MR) is 128 cm³/mol. The molecule has 1 heterocycles. The molecule has 1 aromatic heterocycles. The van der Waals surface area contributed by atoms with Crippen molar-refractivity contribution in [2.24, 2.45) is 4.99 Å². The molecule has 7 heteroatoms. The third-order valence-electron chi connectivity index (χ3n) is 5.52. The summed E-state index contributed by atoms with van der Waals surface area (Å²) in [5.74, 6) is 1.39. The summed E-state index contributed by atoms with van der Waals surface area (Å²) in [6.45, 7) is 4.08. The lowest BCUT2D eigenvalue weighted by Gasteiger charge is -2.22. The number of nitrogens with zero attached hydrogens (tertiary/aromatic N) is 2. The van der Waals surface area contributed by atoms with Crippen molar-refractivity contribution in [2.45, 2.75) is 58.1 Å². The summed E-state index contributed by atoms with van der Waals surface area (Å²) in [6, 6.07) is 11.7. The lowest BCUT2D eigenvalue weighted by atomic mass is 9.98. The highest BCUT2D eigenvalue weighted by Gasteiger charge is 2.15. The number of nitrogens with one attached hydrogen (secondary N) is 3. The molecule has 0 saturated heterocycles. The van der Waals surface area contributed by atoms with Gasteiger partial charge in [-0.05, 0) is 62.3 Å². The molecule has 0 radical (unpaired) electrons. The molecule has 1 fully saturated rings. The van der Waals surface area contributed by atoms with Gasteiger partial charge in [-0.1, -0.05) is 24.6 Å². The zero-order chi connectivity index (χ0) is 22.6. The summed E-state index contributed by atoms with van der Waals surface area (Å²) in [7, 11) is 1.64. The maximum absolute atomic E-state index is 11.8. The van der Waals surface area contributed by atoms with Gasteiger partial charge in [0.05, 0.1) is 6.54 Å². The summed E-state index contributed by atoms with van der Waals surface area (Å²) in [6.07, 6.45) is 9.01. The molecule has 1 aliphatic rings. The van der Waals surface area contributed by atoms with Crippen LogP contribution in [0.5, 0.6) is 5.88 Å². The number of ether oxygens (including phenoxy) is 1. The Hall–Kier alpha value is -3.09. The number of hydrogen-bond donors (Lipinski definition) is 3. The van der Waals surface area contributed by atoms with Gasteiger partial charge in [0.15, 0.2) is 5.96 Å². The average Bonchev–Trinajstić information content (AvgIpc) is 2.84. The molecule has 1 aliphatic carbocycles. The molecule has 0 atom stereocenters. The van der Waals surface area contributed by atoms with Crippen molar-refractivity contribution < 1.29 is 9.53 Å². The van der Waals surface area contributed by atoms with E-state index in [1.807, 2.05) is 49.5 Å². The summed E-state index contributed by atoms with van der Waals surface area (Å²) in [4.78, 5) is 20.9. The minimum atomic E-state index is -0.0709. The quantitative estimate of drug-likeness (QED) is 0.413. The van der Waals surface area contributed by atoms with Gasteiger partial charge < -0.3 is 20.7 Å². The standard InChI is InChI=1S/C25H35N5O2/c1-3-27-25(28-15-14-19-8-7-9-21(16-19)24(31)26-2)30-18-20-12-13-23(29-17-20)32-22-10-5-4-6-11-22/h7-9,12-13,16-17,22H,3-6,10-11,14-15,18H2,1-2H3,(H,26,31)(H2,27,28,30). The van der Waals surface area contributed by atoms with Crippen molar-refractivity contribution in [3.05, 3.63) is 59.3 Å². The Morgan fingerprint density at radius 3 is 2.69 bits per heavy atom. The van der Waals surface area contributed by atoms with E-state index in [2.05, 4.69) is 25.9 Å². The first-order valence-corrected chi connectivity index (χ1v) is 11.6. The Morgan fingerprint density at radius 1 is 1.12 bits per heavy atom. The summed E-state index contributed by atoms with van der Waals surface area (Å²) in [5.41, 5.74) is 2.82. The Kier molecular flexibility index (Phi) is 9.35. The number of aromatic nitrogens is 1. The molecule has 1 saturated carbocycles. The van der Waals surface area contributed by atoms with Crippen LogP contribution >= 0.6 is 0 Å². The van der Waals surface area contributed by atoms with E-state index in [1.54, 1.807) is 7.05 Å². The van der Waals surface area contributed by atoms with Crippen LogP contribution in [0.15, 0.2) is 47.6 Å². The second-order valence-corrected chi connectivity index (χ2v) is 8.03. The van der Waals surface area contributed by atoms with Crippen LogP contribution in [0.2, 0.25) is 0 Å². The summed E-state index contributed by atoms with van der Waals surface area (Å²) in [5, 5.41) is 9.29. The van der Waals surface area contributed by atoms with E-state index in [0.29, 0.717) is 24.1 Å². The highest BCUT2D eigenvalue weighted by atomic mass is 16.5. The average molecular weight is 438 g/mol. The molecular weight excluding hydrogens is 402 g/mol. The van der Waals surface area contributed by atoms with Gasteiger partial charge in [-0.25, -0.2) is 9.98 Å². The SMILES string of the molecule is CCNC(=NCc1ccc(OC2CCCCC2)nc1)NCCc1cccc(C(=O)NC)c1. The Labute approximate surface area is 191 Å². The van der Waals surface area contributed by atoms with Gasteiger partial charge >= 0.3 is 0 Å². The number of hydrogen-bond acceptors (Lipinski definition) is 4. The van der Waals surface area contributed by atoms with Crippen LogP contribution in [-0.4, -0.2) is 43.1 Å². The molecule has 1 amide bonds. The van der Waals surface area contributed by atoms with Crippen LogP contribution in [0, 0.1) is 0 Å². The lowest BCUT2D eigenvalue weighted by molar-refractivity contribution is 0.0963. The molecule has 0 bridgehead atoms. The van der Waals surface area contributed by atoms with Crippen LogP contribution in [0.1, 0.15) is 60.5 Å². The van der Waals surface area contributed by atoms with E-state index >= 15 is 0 Å². The van der Waals surface area contributed by atoms with E-state index < -0.39 is 0 Å². The number of carbonyl (C=O) groups excluding carboxylic acids is 1. The number of amides is 1. The van der Waals surface area contributed by atoms with Crippen molar-refractivity contribution in [1.82, 2.24) is 20.9 Å². The van der Waals surface area contributed by atoms with Gasteiger partial charge in [-0.3, -0.25) is 4.79 Å². The molecule has 0 aliphatic heterocycles. The van der Waals surface area contributed by atoms with E-state index in [0.717, 1.165) is 49.4 Å². The van der Waals surface area contributed by atoms with Gasteiger partial charge in [-0.2, -0.15) is 0 Å². The van der Waals surface area contributed by atoms with Crippen molar-refractivity contribution in [3.8, 4) is 5.88 Å². The number of pyridine rings is 1. The number of aliphatic imine (C=N–C) groups is 1. The minimum absolute atomic E-state index is 0.0709. The second-order valence-electron chi connectivity index (χ2n) is 8.03. The van der Waals surface area contributed by atoms with Crippen LogP contribution in [0.3, 0.4) is 0 Å². The number of rotatable bonds is 9. The molecule has 2 aromatic rings. The van der Waals surface area contributed by atoms with Gasteiger partial charge in [0, 0.05) is 38.0 Å². The van der Waals surface area contributed by atoms with E-state index in [1.165, 1.54) is 19.3 Å². The third-order valence-corrected chi connectivity index (χ3v) is 5.52. The smallest absolute Gasteiger partial charge is 0.251 e. The molecule has 1 aromatic carbocycles. The molecule has 3 N–H and O–H groups in total. The predicted octanol–water partition coefficient (Wildman–Crippen LogP) is 3.45. The molecular formula is C25H35N5O2. The summed E-state index contributed by atoms with van der Waals surface area (Å²) < 4.78 is 6.00. The molecule has 3 rings (SSSR count). The fourth-order valence-electron chi connectivity index (χ4n) is 3.78. The van der Waals surface area contributed by atoms with Gasteiger partial charge in [0.2, 0.25) is 5.88 Å². The first-order chi connectivity index (χ1) is 15.7. The minimum Gasteiger partial charge on any atom is -0.474 e. The van der Waals surface area contributed by atoms with Crippen LogP contribution < -0.4 is 20.7 Å². The Bertz CT molecular complexity index is 876. The fraction of sp³-hybridized carbons (Fsp3) is 0.480. The van der Waals surface area contributed by atoms with Crippen molar-refractivity contribution in [3.63, 3.8) is 0 Å². The summed E-state index contributed by atoms with van der Waals surface area (Å²) >= 11 is 0. The largest absolute Gasteiger partial charge is 0.474 e. The number of carbonyl (C=O) groups is 1. The zero-order valence-electron chi connectivity index (χ0n) is 19.2. The second kappa shape index (κ2) is 12.7. The van der Waals surface area contributed by atoms with Crippen molar-refractivity contribution >= 4 is 11.9 Å². The van der Waals surface area contributed by atoms with Gasteiger partial charge in [-0.15, -0.1) is 0 Å². The fourth-order valence-corrected chi connectivity index (χ4v) is 3.78. The zero-order valence-corrected chi connectivity index (χ0v) is 19.2. The van der Waals surface area contributed by atoms with Crippen molar-refractivity contribution in [2.75, 3.05) is 20.1 Å². The normalized spacial score (nSPS) is 14.6. The highest BCUT2D eigenvalue weighted by Crippen LogP contribution is 2.22. The van der Waals surface area contributed by atoms with Crippen molar-refractivity contribution in [1.29, 1.82) is 0 Å². The van der Waals surface area contributed by atoms with Gasteiger partial charge in [0.1, 0.15) is 6.10 Å². The van der Waals surface area contributed by atoms with E-state index in [9.17, 15) is 4.79 Å². The van der Waals surface area contributed by atoms with Crippen LogP contribution in [-0.2, 0) is 13.0 Å². The van der Waals surface area contributed by atoms with Gasteiger partial charge in [0.25, 0.3) is 5.91 Å². The lowest BCUT2D eigenvalue weighted by Crippen LogP contribution is -2.38. The molecule has 7 nitrogen and oxygen atoms in total. The van der Waals surface area contributed by atoms with E-state index in [4.69, 9.17) is 4.74 Å². The monoisotopic (exact) mass is 437 g/mol. The van der Waals surface area contributed by atoms with E-state index in [-0.39, 0.29) is 5.91 Å². The van der Waals surface area contributed by atoms with Crippen LogP contribution in [0.4, 0.5) is 0 Å². The topological polar surface area (TPSA) is 87.6 Å². The highest BCUT2D eigenvalue weighted by molar-refractivity contribution is 5.94. The molecule has 32 heavy (non-hydrogen) atoms. The Balaban J connectivity index is 1.49. The Morgan fingerprint density at radius 2 is 1.97 bits per heavy atom. The first-order valence-electron chi connectivity index (χ1n) is 11.6. The number of benzene rings is 1. The maximum Gasteiger partial charge on any atom is 0.251 e.